The predicted molar refractivity (Wildman–Crippen MR) is 145 cm³/mol. The van der Waals surface area contributed by atoms with Gasteiger partial charge in [0.1, 0.15) is 21.6 Å². The lowest BCUT2D eigenvalue weighted by Crippen LogP contribution is -2.14. The summed E-state index contributed by atoms with van der Waals surface area (Å²) >= 11 is 13.3. The number of carbonyl (C=O) groups is 1. The lowest BCUT2D eigenvalue weighted by molar-refractivity contribution is 0.102. The molecule has 0 fully saturated rings. The number of carbonyl (C=O) groups excluding carboxylic acids is 1. The van der Waals surface area contributed by atoms with Crippen molar-refractivity contribution in [2.45, 2.75) is 6.92 Å². The number of fused-ring (bicyclic) bond motifs is 1. The number of aryl methyl sites for hydroxylation is 1. The summed E-state index contributed by atoms with van der Waals surface area (Å²) in [7, 11) is 2.99. The lowest BCUT2D eigenvalue weighted by atomic mass is 10.2. The van der Waals surface area contributed by atoms with Crippen LogP contribution in [0.1, 0.15) is 15.9 Å². The van der Waals surface area contributed by atoms with Crippen LogP contribution in [0.4, 0.5) is 21.6 Å². The van der Waals surface area contributed by atoms with Gasteiger partial charge < -0.3 is 20.1 Å². The summed E-state index contributed by atoms with van der Waals surface area (Å²) in [4.78, 5) is 21.9. The van der Waals surface area contributed by atoms with Crippen molar-refractivity contribution < 1.29 is 18.7 Å². The van der Waals surface area contributed by atoms with Gasteiger partial charge in [0.15, 0.2) is 17.3 Å². The van der Waals surface area contributed by atoms with Gasteiger partial charge in [-0.25, -0.2) is 14.4 Å². The van der Waals surface area contributed by atoms with Crippen molar-refractivity contribution in [1.29, 1.82) is 0 Å². The second kappa shape index (κ2) is 10.2. The van der Waals surface area contributed by atoms with Gasteiger partial charge in [0.25, 0.3) is 5.91 Å². The van der Waals surface area contributed by atoms with Crippen LogP contribution < -0.4 is 20.1 Å². The molecule has 0 radical (unpaired) electrons. The normalized spacial score (nSPS) is 10.9. The first-order chi connectivity index (χ1) is 16.3. The fraction of sp³-hybridized carbons (Fsp3) is 0.136. The van der Waals surface area contributed by atoms with E-state index in [1.165, 1.54) is 38.0 Å². The molecule has 34 heavy (non-hydrogen) atoms. The molecule has 2 aromatic carbocycles. The molecule has 0 saturated carbocycles. The first-order valence-electron chi connectivity index (χ1n) is 9.61. The molecule has 0 aliphatic carbocycles. The Kier molecular flexibility index (Phi) is 7.45. The molecular formula is C22H16BrClFIN4O3S. The Morgan fingerprint density at radius 2 is 1.97 bits per heavy atom. The topological polar surface area (TPSA) is 85.4 Å². The number of ether oxygens (including phenoxy) is 2. The summed E-state index contributed by atoms with van der Waals surface area (Å²) in [6.07, 6.45) is 1.37. The van der Waals surface area contributed by atoms with Crippen LogP contribution in [0.15, 0.2) is 34.4 Å². The van der Waals surface area contributed by atoms with Crippen molar-refractivity contribution >= 4 is 94.8 Å². The van der Waals surface area contributed by atoms with E-state index in [0.29, 0.717) is 58.1 Å². The van der Waals surface area contributed by atoms with Crippen molar-refractivity contribution in [1.82, 2.24) is 9.97 Å². The molecule has 0 aliphatic rings. The summed E-state index contributed by atoms with van der Waals surface area (Å²) in [5, 5.41) is 7.96. The van der Waals surface area contributed by atoms with E-state index in [4.69, 9.17) is 21.1 Å². The second-order valence-corrected chi connectivity index (χ2v) is 10.1. The zero-order valence-electron chi connectivity index (χ0n) is 17.9. The second-order valence-electron chi connectivity index (χ2n) is 6.98. The van der Waals surface area contributed by atoms with E-state index in [-0.39, 0.29) is 10.8 Å². The number of halogens is 4. The molecule has 7 nitrogen and oxygen atoms in total. The van der Waals surface area contributed by atoms with E-state index in [0.717, 1.165) is 0 Å². The SMILES string of the molecule is COc1c(Cl)c(NC(=O)c2csc3c(Nc4ccc(F)c(C)c4)ncnc23)c(I)c(OC)c1Br. The van der Waals surface area contributed by atoms with Crippen molar-refractivity contribution in [2.75, 3.05) is 24.9 Å². The van der Waals surface area contributed by atoms with Crippen LogP contribution in [0.3, 0.4) is 0 Å². The zero-order chi connectivity index (χ0) is 24.6. The molecule has 12 heteroatoms. The molecule has 2 N–H and O–H groups in total. The Labute approximate surface area is 225 Å². The van der Waals surface area contributed by atoms with Crippen LogP contribution in [0.25, 0.3) is 10.2 Å². The third-order valence-electron chi connectivity index (χ3n) is 4.90. The van der Waals surface area contributed by atoms with Crippen molar-refractivity contribution in [3.8, 4) is 11.5 Å². The number of benzene rings is 2. The number of anilines is 3. The molecule has 0 atom stereocenters. The maximum absolute atomic E-state index is 13.6. The van der Waals surface area contributed by atoms with Gasteiger partial charge in [0, 0.05) is 11.1 Å². The molecule has 0 bridgehead atoms. The van der Waals surface area contributed by atoms with Gasteiger partial charge in [-0.2, -0.15) is 0 Å². The lowest BCUT2D eigenvalue weighted by Gasteiger charge is -2.17. The molecular weight excluding hydrogens is 662 g/mol. The molecule has 1 amide bonds. The van der Waals surface area contributed by atoms with Gasteiger partial charge in [-0.15, -0.1) is 11.3 Å². The smallest absolute Gasteiger partial charge is 0.258 e. The number of hydrogen-bond acceptors (Lipinski definition) is 7. The van der Waals surface area contributed by atoms with Crippen LogP contribution in [0.5, 0.6) is 11.5 Å². The highest BCUT2D eigenvalue weighted by Crippen LogP contribution is 2.48. The monoisotopic (exact) mass is 676 g/mol. The number of amides is 1. The number of nitrogens with zero attached hydrogens (tertiary/aromatic N) is 2. The van der Waals surface area contributed by atoms with E-state index >= 15 is 0 Å². The van der Waals surface area contributed by atoms with Gasteiger partial charge in [-0.3, -0.25) is 4.79 Å². The summed E-state index contributed by atoms with van der Waals surface area (Å²) in [6, 6.07) is 4.69. The van der Waals surface area contributed by atoms with Gasteiger partial charge in [-0.05, 0) is 69.2 Å². The minimum absolute atomic E-state index is 0.233. The Bertz CT molecular complexity index is 1400. The molecule has 4 rings (SSSR count). The van der Waals surface area contributed by atoms with Gasteiger partial charge in [0.2, 0.25) is 0 Å². The molecule has 176 valence electrons. The van der Waals surface area contributed by atoms with Crippen LogP contribution in [0.2, 0.25) is 5.02 Å². The number of rotatable bonds is 6. The maximum atomic E-state index is 13.6. The van der Waals surface area contributed by atoms with Gasteiger partial charge in [0.05, 0.1) is 39.3 Å². The number of nitrogens with one attached hydrogen (secondary N) is 2. The largest absolute Gasteiger partial charge is 0.494 e. The Morgan fingerprint density at radius 1 is 1.24 bits per heavy atom. The van der Waals surface area contributed by atoms with Gasteiger partial charge in [-0.1, -0.05) is 11.6 Å². The fourth-order valence-electron chi connectivity index (χ4n) is 3.23. The van der Waals surface area contributed by atoms with E-state index in [9.17, 15) is 9.18 Å². The van der Waals surface area contributed by atoms with E-state index < -0.39 is 5.91 Å². The summed E-state index contributed by atoms with van der Waals surface area (Å²) in [6.45, 7) is 1.68. The predicted octanol–water partition coefficient (Wildman–Crippen LogP) is 7.17. The minimum Gasteiger partial charge on any atom is -0.494 e. The van der Waals surface area contributed by atoms with Crippen molar-refractivity contribution in [3.05, 3.63) is 59.9 Å². The highest BCUT2D eigenvalue weighted by Gasteiger charge is 2.25. The summed E-state index contributed by atoms with van der Waals surface area (Å²) < 4.78 is 26.3. The molecule has 4 aromatic rings. The highest BCUT2D eigenvalue weighted by atomic mass is 127. The number of aromatic nitrogens is 2. The van der Waals surface area contributed by atoms with Gasteiger partial charge >= 0.3 is 0 Å². The summed E-state index contributed by atoms with van der Waals surface area (Å²) in [5.41, 5.74) is 2.37. The van der Waals surface area contributed by atoms with Crippen LogP contribution in [0, 0.1) is 16.3 Å². The van der Waals surface area contributed by atoms with E-state index in [1.807, 2.05) is 22.6 Å². The standard InChI is InChI=1S/C22H16BrClFIN4O3S/c1-9-6-10(4-5-12(9)25)29-21-20-16(27-8-28-21)11(7-34-20)22(31)30-17-14(24)18(32-2)13(23)19(33-3)15(17)26/h4-8H,1-3H3,(H,30,31)(H,27,28,29). The number of thiophene rings is 1. The molecule has 0 saturated heterocycles. The maximum Gasteiger partial charge on any atom is 0.258 e. The average molecular weight is 678 g/mol. The van der Waals surface area contributed by atoms with Crippen LogP contribution >= 0.6 is 61.5 Å². The Morgan fingerprint density at radius 3 is 2.65 bits per heavy atom. The summed E-state index contributed by atoms with van der Waals surface area (Å²) in [5.74, 6) is 0.644. The molecule has 0 spiro atoms. The first kappa shape index (κ1) is 24.9. The zero-order valence-corrected chi connectivity index (χ0v) is 23.2. The first-order valence-corrected chi connectivity index (χ1v) is 12.7. The minimum atomic E-state index is -0.403. The highest BCUT2D eigenvalue weighted by molar-refractivity contribution is 14.1. The Balaban J connectivity index is 1.70. The number of hydrogen-bond donors (Lipinski definition) is 2. The van der Waals surface area contributed by atoms with Crippen molar-refractivity contribution in [2.24, 2.45) is 0 Å². The van der Waals surface area contributed by atoms with Crippen LogP contribution in [-0.2, 0) is 0 Å². The third-order valence-corrected chi connectivity index (χ3v) is 7.99. The molecule has 2 heterocycles. The van der Waals surface area contributed by atoms with E-state index in [2.05, 4.69) is 36.5 Å². The third kappa shape index (κ3) is 4.53. The molecule has 0 unspecified atom stereocenters. The fourth-order valence-corrected chi connectivity index (χ4v) is 6.74. The number of methoxy groups -OCH3 is 2. The van der Waals surface area contributed by atoms with Crippen LogP contribution in [-0.4, -0.2) is 30.1 Å². The quantitative estimate of drug-likeness (QED) is 0.211. The Hall–Kier alpha value is -2.22. The van der Waals surface area contributed by atoms with Crippen molar-refractivity contribution in [3.63, 3.8) is 0 Å². The van der Waals surface area contributed by atoms with E-state index in [1.54, 1.807) is 24.4 Å². The average Bonchev–Trinajstić information content (AvgIpc) is 3.25. The molecule has 0 aliphatic heterocycles. The molecule has 2 aromatic heterocycles.